The van der Waals surface area contributed by atoms with Crippen LogP contribution in [0.2, 0.25) is 24.7 Å². The van der Waals surface area contributed by atoms with E-state index >= 15 is 0 Å². The molecule has 0 saturated heterocycles. The van der Waals surface area contributed by atoms with Gasteiger partial charge in [-0.3, -0.25) is 0 Å². The van der Waals surface area contributed by atoms with Crippen molar-refractivity contribution in [1.29, 1.82) is 0 Å². The zero-order valence-electron chi connectivity index (χ0n) is 94.4. The quantitative estimate of drug-likeness (QED) is 0.0476. The molecule has 0 amide bonds. The van der Waals surface area contributed by atoms with Crippen LogP contribution in [-0.4, -0.2) is 8.07 Å². The van der Waals surface area contributed by atoms with Gasteiger partial charge in [0.25, 0.3) is 0 Å². The third kappa shape index (κ3) is 33.4. The second-order valence-electron chi connectivity index (χ2n) is 48.6. The Morgan fingerprint density at radius 2 is 0.741 bits per heavy atom. The van der Waals surface area contributed by atoms with Crippen LogP contribution in [0.25, 0.3) is 0 Å². The zero-order chi connectivity index (χ0) is 99.0. The predicted molar refractivity (Wildman–Crippen MR) is 648 cm³/mol. The molecule has 0 nitrogen and oxygen atoms in total. The molecule has 0 N–H and O–H groups in total. The maximum atomic E-state index is 4.93. The fourth-order valence-electron chi connectivity index (χ4n) is 33.6. The molecule has 11 saturated carbocycles. The van der Waals surface area contributed by atoms with Crippen molar-refractivity contribution in [2.75, 3.05) is 0 Å². The van der Waals surface area contributed by atoms with E-state index in [1.807, 2.05) is 0 Å². The molecule has 810 valence electrons. The number of benzene rings is 3. The van der Waals surface area contributed by atoms with Crippen LogP contribution in [0.5, 0.6) is 0 Å². The van der Waals surface area contributed by atoms with Crippen LogP contribution in [0.1, 0.15) is 271 Å². The van der Waals surface area contributed by atoms with E-state index in [0.29, 0.717) is 40.9 Å². The van der Waals surface area contributed by atoms with Crippen LogP contribution < -0.4 is 0 Å². The van der Waals surface area contributed by atoms with Crippen molar-refractivity contribution >= 4 is 77.8 Å². The minimum absolute atomic E-state index is 0. The van der Waals surface area contributed by atoms with Gasteiger partial charge in [0.2, 0.25) is 0 Å². The normalized spacial score (nSPS) is 33.3. The van der Waals surface area contributed by atoms with Gasteiger partial charge in [-0.15, -0.1) is 26.3 Å². The number of hydrogen-bond acceptors (Lipinski definition) is 0. The Hall–Kier alpha value is -0.599. The molecule has 28 unspecified atom stereocenters. The van der Waals surface area contributed by atoms with Gasteiger partial charge in [-0.1, -0.05) is 361 Å². The Kier molecular flexibility index (Phi) is 62.0. The van der Waals surface area contributed by atoms with Crippen molar-refractivity contribution in [2.45, 2.75) is 290 Å². The second kappa shape index (κ2) is 66.6. The summed E-state index contributed by atoms with van der Waals surface area (Å²) in [4.78, 5) is 0. The molecule has 0 aromatic heterocycles. The Morgan fingerprint density at radius 3 is 1.14 bits per heavy atom. The standard InChI is InChI=1S/C43H54.C35H54Si.C25H34.C23H30.8CH3.8ClH.Ti.3Zr/c1-8-9-16-30-21-22-35(27-30)43(31-17-12-10-13-18-31,32-19-14-11-15-20-32)40-38-28-33(41(2,3)4)23-25-36(38)37-26-24-34(29-39(37)40)42(5,6)7;1-5-23-36(3,4)33-24-32(28-19-11-12-20-29(28)33)35(2,25-15-7-6-8-16-25)34-30-21-13-9-17-26(30)27-18-10-14-22-31(27)34;1-18(2)11-12-21-17-22(25-10-6-5-9-24(21)25)16-15-20-14-13-19-7-3-4-8-23(19)20;1-2-7-19-16-20(23-11-6-5-10-22(19)23)15-14-18-13-12-17-8-3-4-9-21(17)18;;;;;;;;;;;;;;;;;;;;/h8,10-15,17-20,23-26,28-30,35-40H,1,9,16,21-22,27H2,2-7H3;5-8,15-16,26-34H,1,9-14,17-24H2,2-4H3;3-10,19-25H,1,11-17H2,2H3;2-6,8-11,17-23H,1,7,12-16H2;8*1H3;8*1H;;;;/q;;;;8*-1;;;;;;;;;+2;3*+4/p-8/t;26?,27?,28?,29?,30?,31?,32?,33?,34?,35-;;;;;;;;;;;;;;;;;;;;;;/m.0....................../s1. The molecular formula is C134H196Cl8SiTiZr3-2. The van der Waals surface area contributed by atoms with E-state index in [1.54, 1.807) is 18.4 Å². The Bertz CT molecular complexity index is 4600. The zero-order valence-corrected chi connectivity index (χ0v) is 110. The summed E-state index contributed by atoms with van der Waals surface area (Å²) in [6.45, 7) is 41.2. The van der Waals surface area contributed by atoms with E-state index in [2.05, 4.69) is 338 Å². The SMILES string of the molecule is C=C(C)CCC1CC(CCC2CCC3C=CC=CC32)C2C=CC=CC12.C=CCC1CC(CCC2CCC3C=CC=CC32)C2C=CC=CC12.C=CCCC1CCC(C(c2ccccc2)(c2ccccc2)C2C3C=C(C(C)(C)C)C=CC3C3C=CC(C(C)(C)C)=CC32)C1.C=CC[Si](C)(C)C1CC([C@](C)(c2ccccc2)C2C3CCCCC3C3CCCCC32)C2CCCCC21.[CH3-].[CH3-].[CH3-].[CH3-].[CH3-].[CH3-].[CH3-].[CH3-].[Cl][Ti][Cl].[Cl][Zr+2][Cl].[Cl][Zr+2][Cl].[Cl][Zr+2][Cl]. The van der Waals surface area contributed by atoms with Gasteiger partial charge in [0.1, 0.15) is 0 Å². The molecule has 147 heavy (non-hydrogen) atoms. The summed E-state index contributed by atoms with van der Waals surface area (Å²) < 4.78 is 0. The van der Waals surface area contributed by atoms with E-state index in [9.17, 15) is 0 Å². The molecule has 17 aliphatic carbocycles. The molecule has 3 aromatic carbocycles. The number of fused-ring (bicyclic) bond motifs is 11. The van der Waals surface area contributed by atoms with Crippen molar-refractivity contribution in [3.8, 4) is 0 Å². The molecular weight excluding hydrogens is 2240 g/mol. The molecule has 17 aliphatic rings. The number of rotatable bonds is 24. The average molecular weight is 2440 g/mol. The van der Waals surface area contributed by atoms with Gasteiger partial charge in [0, 0.05) is 5.41 Å². The van der Waals surface area contributed by atoms with Gasteiger partial charge in [-0.2, -0.15) is 0 Å². The second-order valence-corrected chi connectivity index (χ2v) is 67.5. The third-order valence-electron chi connectivity index (χ3n) is 39.3. The molecule has 11 fully saturated rings. The van der Waals surface area contributed by atoms with E-state index in [1.165, 1.54) is 214 Å². The molecule has 0 aliphatic heterocycles. The number of allylic oxidation sites excluding steroid dienone is 28. The van der Waals surface area contributed by atoms with E-state index in [-0.39, 0.29) is 75.7 Å². The summed E-state index contributed by atoms with van der Waals surface area (Å²) in [5.41, 5.74) is 10.7. The van der Waals surface area contributed by atoms with E-state index < -0.39 is 87.7 Å². The fourth-order valence-corrected chi connectivity index (χ4v) is 37.1. The number of halogens is 8. The van der Waals surface area contributed by atoms with Gasteiger partial charge in [0.05, 0.1) is 8.07 Å². The van der Waals surface area contributed by atoms with Gasteiger partial charge in [0.15, 0.2) is 0 Å². The average Bonchev–Trinajstić information content (AvgIpc) is 1.45. The predicted octanol–water partition coefficient (Wildman–Crippen LogP) is 43.9. The molecule has 20 rings (SSSR count). The van der Waals surface area contributed by atoms with Gasteiger partial charge in [-0.05, 0) is 382 Å². The van der Waals surface area contributed by atoms with Crippen molar-refractivity contribution in [3.05, 3.63) is 362 Å². The molecule has 3 aromatic rings. The summed E-state index contributed by atoms with van der Waals surface area (Å²) in [6, 6.07) is 37.0. The van der Waals surface area contributed by atoms with Gasteiger partial charge < -0.3 is 59.4 Å². The molecule has 29 atom stereocenters. The molecule has 0 radical (unpaired) electrons. The van der Waals surface area contributed by atoms with Crippen molar-refractivity contribution in [3.63, 3.8) is 0 Å². The van der Waals surface area contributed by atoms with Crippen molar-refractivity contribution < 1.29 is 79.6 Å². The van der Waals surface area contributed by atoms with Crippen LogP contribution in [0.4, 0.5) is 0 Å². The first-order valence-corrected chi connectivity index (χ1v) is 81.5. The van der Waals surface area contributed by atoms with Gasteiger partial charge in [-0.25, -0.2) is 0 Å². The summed E-state index contributed by atoms with van der Waals surface area (Å²) >= 11 is -3.03. The summed E-state index contributed by atoms with van der Waals surface area (Å²) in [6.07, 6.45) is 104. The van der Waals surface area contributed by atoms with E-state index in [0.717, 1.165) is 148 Å². The fraction of sp³-hybridized carbons (Fsp3) is 0.567. The summed E-state index contributed by atoms with van der Waals surface area (Å²) in [5.74, 6) is 23.6. The third-order valence-corrected chi connectivity index (χ3v) is 43.3. The van der Waals surface area contributed by atoms with Crippen LogP contribution in [0.3, 0.4) is 0 Å². The maximum absolute atomic E-state index is 4.93. The Labute approximate surface area is 980 Å². The molecule has 0 spiro atoms. The summed E-state index contributed by atoms with van der Waals surface area (Å²) in [5, 5.41) is 0. The molecule has 0 bridgehead atoms. The topological polar surface area (TPSA) is 0 Å². The first kappa shape index (κ1) is 137. The minimum atomic E-state index is -1.33. The van der Waals surface area contributed by atoms with Crippen LogP contribution >= 0.6 is 69.7 Å². The molecule has 13 heteroatoms. The number of hydrogen-bond donors (Lipinski definition) is 0. The van der Waals surface area contributed by atoms with Gasteiger partial charge >= 0.3 is 149 Å². The van der Waals surface area contributed by atoms with Crippen molar-refractivity contribution in [1.82, 2.24) is 0 Å². The van der Waals surface area contributed by atoms with Crippen LogP contribution in [0, 0.1) is 242 Å². The monoisotopic (exact) mass is 2430 g/mol. The summed E-state index contributed by atoms with van der Waals surface area (Å²) in [7, 11) is 38.1. The molecule has 0 heterocycles. The first-order valence-electron chi connectivity index (χ1n) is 55.0. The Balaban J connectivity index is 0.000000334. The first-order chi connectivity index (χ1) is 67.3. The van der Waals surface area contributed by atoms with Crippen LogP contribution in [0.15, 0.2) is 286 Å². The van der Waals surface area contributed by atoms with Crippen molar-refractivity contribution in [2.24, 2.45) is 182 Å². The Morgan fingerprint density at radius 1 is 0.374 bits per heavy atom. The van der Waals surface area contributed by atoms with Crippen LogP contribution in [-0.2, 0) is 90.4 Å². The van der Waals surface area contributed by atoms with E-state index in [4.69, 9.17) is 69.7 Å².